The Labute approximate surface area is 240 Å². The van der Waals surface area contributed by atoms with Gasteiger partial charge in [-0.05, 0) is 48.9 Å². The van der Waals surface area contributed by atoms with Gasteiger partial charge in [-0.25, -0.2) is 4.98 Å². The van der Waals surface area contributed by atoms with Crippen molar-refractivity contribution < 1.29 is 4.79 Å². The van der Waals surface area contributed by atoms with Gasteiger partial charge in [0.1, 0.15) is 0 Å². The molecule has 0 radical (unpaired) electrons. The first-order chi connectivity index (χ1) is 18.4. The molecule has 1 aliphatic rings. The lowest BCUT2D eigenvalue weighted by atomic mass is 10.2. The van der Waals surface area contributed by atoms with E-state index >= 15 is 0 Å². The maximum absolute atomic E-state index is 13.4. The second kappa shape index (κ2) is 12.0. The van der Waals surface area contributed by atoms with Crippen LogP contribution in [0.25, 0.3) is 16.6 Å². The molecule has 10 heteroatoms. The van der Waals surface area contributed by atoms with E-state index in [1.807, 2.05) is 47.4 Å². The van der Waals surface area contributed by atoms with Gasteiger partial charge >= 0.3 is 0 Å². The summed E-state index contributed by atoms with van der Waals surface area (Å²) in [6, 6.07) is 20.1. The second-order valence-corrected chi connectivity index (χ2v) is 11.2. The highest BCUT2D eigenvalue weighted by molar-refractivity contribution is 7.99. The van der Waals surface area contributed by atoms with E-state index in [-0.39, 0.29) is 11.5 Å². The molecule has 38 heavy (non-hydrogen) atoms. The summed E-state index contributed by atoms with van der Waals surface area (Å²) in [6.07, 6.45) is 1.09. The van der Waals surface area contributed by atoms with Crippen LogP contribution in [0.15, 0.2) is 76.7 Å². The predicted molar refractivity (Wildman–Crippen MR) is 158 cm³/mol. The van der Waals surface area contributed by atoms with E-state index < -0.39 is 0 Å². The molecule has 1 amide bonds. The van der Waals surface area contributed by atoms with E-state index in [9.17, 15) is 9.59 Å². The van der Waals surface area contributed by atoms with E-state index in [0.717, 1.165) is 23.8 Å². The van der Waals surface area contributed by atoms with Gasteiger partial charge in [0.15, 0.2) is 5.16 Å². The molecule has 0 unspecified atom stereocenters. The van der Waals surface area contributed by atoms with Crippen molar-refractivity contribution in [2.24, 2.45) is 0 Å². The molecule has 3 aromatic carbocycles. The number of rotatable bonds is 7. The number of fused-ring (bicyclic) bond motifs is 1. The molecular formula is C28H25Cl3N4O2S. The number of hydrogen-bond acceptors (Lipinski definition) is 5. The van der Waals surface area contributed by atoms with Gasteiger partial charge < -0.3 is 9.80 Å². The molecule has 0 atom stereocenters. The summed E-state index contributed by atoms with van der Waals surface area (Å²) in [5.74, 6) is 0.760. The van der Waals surface area contributed by atoms with Gasteiger partial charge in [-0.1, -0.05) is 70.8 Å². The van der Waals surface area contributed by atoms with Crippen molar-refractivity contribution >= 4 is 69.1 Å². The molecule has 2 heterocycles. The van der Waals surface area contributed by atoms with E-state index in [4.69, 9.17) is 39.8 Å². The summed E-state index contributed by atoms with van der Waals surface area (Å²) < 4.78 is 1.53. The fourth-order valence-corrected chi connectivity index (χ4v) is 6.23. The first kappa shape index (κ1) is 26.9. The second-order valence-electron chi connectivity index (χ2n) is 8.92. The molecule has 0 aliphatic carbocycles. The van der Waals surface area contributed by atoms with Crippen LogP contribution in [-0.2, 0) is 4.79 Å². The third-order valence-corrected chi connectivity index (χ3v) is 8.37. The Hall–Kier alpha value is -2.71. The summed E-state index contributed by atoms with van der Waals surface area (Å²) in [5, 5.41) is 2.61. The SMILES string of the molecule is O=C(CCCSc1nc2ccccc2c(=O)n1-c1ccc(Cl)cc1Cl)N1CCN(c2ccccc2Cl)CC1. The number of carbonyl (C=O) groups excluding carboxylic acids is 1. The highest BCUT2D eigenvalue weighted by Crippen LogP contribution is 2.29. The third-order valence-electron chi connectivity index (χ3n) is 6.49. The Morgan fingerprint density at radius 3 is 2.37 bits per heavy atom. The summed E-state index contributed by atoms with van der Waals surface area (Å²) in [6.45, 7) is 2.83. The number of halogens is 3. The maximum atomic E-state index is 13.4. The van der Waals surface area contributed by atoms with E-state index in [1.54, 1.807) is 24.3 Å². The zero-order valence-corrected chi connectivity index (χ0v) is 23.5. The lowest BCUT2D eigenvalue weighted by molar-refractivity contribution is -0.131. The Morgan fingerprint density at radius 1 is 0.868 bits per heavy atom. The normalized spacial score (nSPS) is 13.8. The Balaban J connectivity index is 1.24. The van der Waals surface area contributed by atoms with Gasteiger partial charge in [0.2, 0.25) is 5.91 Å². The van der Waals surface area contributed by atoms with E-state index in [0.29, 0.717) is 63.5 Å². The molecule has 5 rings (SSSR count). The summed E-state index contributed by atoms with van der Waals surface area (Å²) in [7, 11) is 0. The number of hydrogen-bond donors (Lipinski definition) is 0. The zero-order valence-electron chi connectivity index (χ0n) is 20.4. The molecule has 0 spiro atoms. The zero-order chi connectivity index (χ0) is 26.6. The highest BCUT2D eigenvalue weighted by atomic mass is 35.5. The smallest absolute Gasteiger partial charge is 0.266 e. The molecule has 1 fully saturated rings. The fourth-order valence-electron chi connectivity index (χ4n) is 4.53. The number of nitrogens with zero attached hydrogens (tertiary/aromatic N) is 4. The van der Waals surface area contributed by atoms with Crippen LogP contribution >= 0.6 is 46.6 Å². The van der Waals surface area contributed by atoms with Crippen LogP contribution in [0.2, 0.25) is 15.1 Å². The van der Waals surface area contributed by atoms with Crippen molar-refractivity contribution in [3.63, 3.8) is 0 Å². The minimum absolute atomic E-state index is 0.133. The highest BCUT2D eigenvalue weighted by Gasteiger charge is 2.22. The third kappa shape index (κ3) is 5.81. The fraction of sp³-hybridized carbons (Fsp3) is 0.250. The molecule has 0 N–H and O–H groups in total. The number of para-hydroxylation sites is 2. The number of benzene rings is 3. The Bertz CT molecular complexity index is 1540. The number of aromatic nitrogens is 2. The van der Waals surface area contributed by atoms with Gasteiger partial charge in [0, 0.05) is 43.4 Å². The number of amides is 1. The number of anilines is 1. The van der Waals surface area contributed by atoms with Gasteiger partial charge in [0.05, 0.1) is 32.3 Å². The quantitative estimate of drug-likeness (QED) is 0.139. The van der Waals surface area contributed by atoms with Gasteiger partial charge in [0.25, 0.3) is 5.56 Å². The predicted octanol–water partition coefficient (Wildman–Crippen LogP) is 6.57. The average Bonchev–Trinajstić information content (AvgIpc) is 2.92. The van der Waals surface area contributed by atoms with Crippen LogP contribution in [0.4, 0.5) is 5.69 Å². The topological polar surface area (TPSA) is 58.4 Å². The number of carbonyl (C=O) groups is 1. The maximum Gasteiger partial charge on any atom is 0.266 e. The van der Waals surface area contributed by atoms with Gasteiger partial charge in [-0.3, -0.25) is 14.2 Å². The largest absolute Gasteiger partial charge is 0.367 e. The molecule has 1 aliphatic heterocycles. The number of piperazine rings is 1. The van der Waals surface area contributed by atoms with Gasteiger partial charge in [-0.15, -0.1) is 0 Å². The molecule has 1 saturated heterocycles. The minimum atomic E-state index is -0.199. The standard InChI is InChI=1S/C28H25Cl3N4O2S/c29-19-11-12-25(22(31)18-19)35-27(37)20-6-1-3-8-23(20)32-28(35)38-17-5-10-26(36)34-15-13-33(14-16-34)24-9-4-2-7-21(24)30/h1-4,6-9,11-12,18H,5,10,13-17H2. The monoisotopic (exact) mass is 586 g/mol. The molecule has 6 nitrogen and oxygen atoms in total. The van der Waals surface area contributed by atoms with Gasteiger partial charge in [-0.2, -0.15) is 0 Å². The molecular weight excluding hydrogens is 563 g/mol. The summed E-state index contributed by atoms with van der Waals surface area (Å²) in [4.78, 5) is 35.2. The lowest BCUT2D eigenvalue weighted by Gasteiger charge is -2.36. The van der Waals surface area contributed by atoms with Crippen LogP contribution in [0.1, 0.15) is 12.8 Å². The van der Waals surface area contributed by atoms with Crippen molar-refractivity contribution in [3.8, 4) is 5.69 Å². The molecule has 0 bridgehead atoms. The van der Waals surface area contributed by atoms with Crippen molar-refractivity contribution in [2.45, 2.75) is 18.0 Å². The van der Waals surface area contributed by atoms with Crippen LogP contribution in [0.5, 0.6) is 0 Å². The molecule has 196 valence electrons. The molecule has 4 aromatic rings. The van der Waals surface area contributed by atoms with Crippen molar-refractivity contribution in [2.75, 3.05) is 36.8 Å². The average molecular weight is 588 g/mol. The van der Waals surface area contributed by atoms with Crippen molar-refractivity contribution in [3.05, 3.63) is 92.2 Å². The van der Waals surface area contributed by atoms with E-state index in [1.165, 1.54) is 16.3 Å². The van der Waals surface area contributed by atoms with E-state index in [2.05, 4.69) is 4.90 Å². The van der Waals surface area contributed by atoms with Crippen LogP contribution in [0.3, 0.4) is 0 Å². The summed E-state index contributed by atoms with van der Waals surface area (Å²) in [5.41, 5.74) is 1.95. The van der Waals surface area contributed by atoms with Crippen molar-refractivity contribution in [1.82, 2.24) is 14.5 Å². The molecule has 0 saturated carbocycles. The van der Waals surface area contributed by atoms with Crippen LogP contribution in [0, 0.1) is 0 Å². The van der Waals surface area contributed by atoms with Crippen molar-refractivity contribution in [1.29, 1.82) is 0 Å². The first-order valence-electron chi connectivity index (χ1n) is 12.3. The van der Waals surface area contributed by atoms with Crippen LogP contribution < -0.4 is 10.5 Å². The summed E-state index contributed by atoms with van der Waals surface area (Å²) >= 11 is 20.3. The minimum Gasteiger partial charge on any atom is -0.367 e. The first-order valence-corrected chi connectivity index (χ1v) is 14.4. The molecule has 1 aromatic heterocycles. The van der Waals surface area contributed by atoms with Crippen LogP contribution in [-0.4, -0.2) is 52.3 Å². The lowest BCUT2D eigenvalue weighted by Crippen LogP contribution is -2.48. The number of thioether (sulfide) groups is 1. The Kier molecular flexibility index (Phi) is 8.48. The Morgan fingerprint density at radius 2 is 1.61 bits per heavy atom.